The summed E-state index contributed by atoms with van der Waals surface area (Å²) in [5.41, 5.74) is 0. The fourth-order valence-corrected chi connectivity index (χ4v) is 3.69. The molecule has 5 nitrogen and oxygen atoms in total. The lowest BCUT2D eigenvalue weighted by molar-refractivity contribution is -0.139. The zero-order valence-corrected chi connectivity index (χ0v) is 9.92. The van der Waals surface area contributed by atoms with Crippen LogP contribution < -0.4 is 4.72 Å². The van der Waals surface area contributed by atoms with Crippen LogP contribution in [0.3, 0.4) is 0 Å². The van der Waals surface area contributed by atoms with Crippen LogP contribution in [0.15, 0.2) is 21.7 Å². The predicted octanol–water partition coefficient (Wildman–Crippen LogP) is 0.890. The topological polar surface area (TPSA) is 83.5 Å². The summed E-state index contributed by atoms with van der Waals surface area (Å²) in [6.45, 7) is 0. The van der Waals surface area contributed by atoms with Crippen LogP contribution in [0.4, 0.5) is 0 Å². The number of hydrogen-bond donors (Lipinski definition) is 2. The van der Waals surface area contributed by atoms with E-state index < -0.39 is 22.0 Å². The molecule has 1 atom stereocenters. The number of nitrogens with one attached hydrogen (secondary N) is 1. The van der Waals surface area contributed by atoms with Crippen molar-refractivity contribution < 1.29 is 18.3 Å². The Labute approximate surface area is 97.2 Å². The molecule has 1 unspecified atom stereocenters. The highest BCUT2D eigenvalue weighted by atomic mass is 32.2. The van der Waals surface area contributed by atoms with Gasteiger partial charge in [0, 0.05) is 0 Å². The van der Waals surface area contributed by atoms with E-state index in [0.717, 1.165) is 24.2 Å². The largest absolute Gasteiger partial charge is 0.480 e. The van der Waals surface area contributed by atoms with E-state index in [1.54, 1.807) is 11.4 Å². The zero-order chi connectivity index (χ0) is 11.8. The van der Waals surface area contributed by atoms with Crippen molar-refractivity contribution in [3.8, 4) is 0 Å². The van der Waals surface area contributed by atoms with Crippen molar-refractivity contribution in [3.63, 3.8) is 0 Å². The normalized spacial score (nSPS) is 18.2. The van der Waals surface area contributed by atoms with Crippen molar-refractivity contribution in [1.82, 2.24) is 4.72 Å². The second kappa shape index (κ2) is 4.15. The predicted molar refractivity (Wildman–Crippen MR) is 58.8 cm³/mol. The quantitative estimate of drug-likeness (QED) is 0.824. The van der Waals surface area contributed by atoms with Crippen molar-refractivity contribution in [3.05, 3.63) is 17.5 Å². The summed E-state index contributed by atoms with van der Waals surface area (Å²) in [5, 5.41) is 10.6. The van der Waals surface area contributed by atoms with Crippen molar-refractivity contribution in [2.45, 2.75) is 23.1 Å². The van der Waals surface area contributed by atoms with E-state index in [9.17, 15) is 13.2 Å². The van der Waals surface area contributed by atoms with Crippen LogP contribution in [0.25, 0.3) is 0 Å². The minimum atomic E-state index is -3.68. The molecule has 1 heterocycles. The van der Waals surface area contributed by atoms with Gasteiger partial charge in [-0.25, -0.2) is 8.42 Å². The molecule has 0 amide bonds. The van der Waals surface area contributed by atoms with E-state index in [4.69, 9.17) is 5.11 Å². The zero-order valence-electron chi connectivity index (χ0n) is 8.29. The monoisotopic (exact) mass is 261 g/mol. The van der Waals surface area contributed by atoms with Gasteiger partial charge in [0.25, 0.3) is 10.0 Å². The highest BCUT2D eigenvalue weighted by molar-refractivity contribution is 7.91. The maximum Gasteiger partial charge on any atom is 0.322 e. The van der Waals surface area contributed by atoms with Crippen LogP contribution in [0.2, 0.25) is 0 Å². The third kappa shape index (κ3) is 2.42. The van der Waals surface area contributed by atoms with E-state index in [0.29, 0.717) is 0 Å². The molecule has 1 aliphatic carbocycles. The molecule has 1 aromatic heterocycles. The summed E-state index contributed by atoms with van der Waals surface area (Å²) >= 11 is 1.07. The Balaban J connectivity index is 2.16. The molecule has 1 aromatic rings. The first-order valence-corrected chi connectivity index (χ1v) is 7.15. The summed E-state index contributed by atoms with van der Waals surface area (Å²) < 4.78 is 25.9. The molecule has 0 saturated heterocycles. The molecule has 1 saturated carbocycles. The van der Waals surface area contributed by atoms with Crippen molar-refractivity contribution >= 4 is 27.3 Å². The molecule has 1 aliphatic rings. The summed E-state index contributed by atoms with van der Waals surface area (Å²) in [4.78, 5) is 10.9. The number of carboxylic acids is 1. The molecule has 0 radical (unpaired) electrons. The van der Waals surface area contributed by atoms with Crippen molar-refractivity contribution in [2.24, 2.45) is 5.92 Å². The van der Waals surface area contributed by atoms with Gasteiger partial charge in [-0.3, -0.25) is 4.79 Å². The SMILES string of the molecule is O=C(O)C(NS(=O)(=O)c1cccs1)C1CC1. The lowest BCUT2D eigenvalue weighted by Gasteiger charge is -2.12. The average Bonchev–Trinajstić information content (AvgIpc) is 2.87. The molecule has 0 aromatic carbocycles. The number of aliphatic carboxylic acids is 1. The Morgan fingerprint density at radius 2 is 2.25 bits per heavy atom. The first-order chi connectivity index (χ1) is 7.50. The first-order valence-electron chi connectivity index (χ1n) is 4.79. The minimum absolute atomic E-state index is 0.0627. The fourth-order valence-electron chi connectivity index (χ4n) is 1.42. The van der Waals surface area contributed by atoms with E-state index in [2.05, 4.69) is 4.72 Å². The molecule has 0 bridgehead atoms. The van der Waals surface area contributed by atoms with E-state index in [1.807, 2.05) is 0 Å². The third-order valence-corrected chi connectivity index (χ3v) is 5.24. The molecule has 0 spiro atoms. The lowest BCUT2D eigenvalue weighted by Crippen LogP contribution is -2.42. The van der Waals surface area contributed by atoms with Gasteiger partial charge in [-0.15, -0.1) is 11.3 Å². The number of carboxylic acid groups (broad SMARTS) is 1. The van der Waals surface area contributed by atoms with E-state index in [1.165, 1.54) is 6.07 Å². The highest BCUT2D eigenvalue weighted by Crippen LogP contribution is 2.33. The number of hydrogen-bond acceptors (Lipinski definition) is 4. The van der Waals surface area contributed by atoms with Crippen LogP contribution in [0, 0.1) is 5.92 Å². The molecule has 2 N–H and O–H groups in total. The third-order valence-electron chi connectivity index (χ3n) is 2.40. The van der Waals surface area contributed by atoms with Gasteiger partial charge in [0.2, 0.25) is 0 Å². The summed E-state index contributed by atoms with van der Waals surface area (Å²) in [5.74, 6) is -1.17. The molecular formula is C9H11NO4S2. The van der Waals surface area contributed by atoms with Gasteiger partial charge in [-0.2, -0.15) is 4.72 Å². The first kappa shape index (κ1) is 11.6. The maximum absolute atomic E-state index is 11.8. The molecule has 16 heavy (non-hydrogen) atoms. The number of rotatable bonds is 5. The fraction of sp³-hybridized carbons (Fsp3) is 0.444. The van der Waals surface area contributed by atoms with E-state index in [-0.39, 0.29) is 10.1 Å². The number of carbonyl (C=O) groups is 1. The molecule has 2 rings (SSSR count). The van der Waals surface area contributed by atoms with Crippen LogP contribution >= 0.6 is 11.3 Å². The summed E-state index contributed by atoms with van der Waals surface area (Å²) in [6, 6.07) is 2.08. The van der Waals surface area contributed by atoms with Crippen molar-refractivity contribution in [1.29, 1.82) is 0 Å². The highest BCUT2D eigenvalue weighted by Gasteiger charge is 2.39. The Morgan fingerprint density at radius 3 is 2.69 bits per heavy atom. The Morgan fingerprint density at radius 1 is 1.56 bits per heavy atom. The van der Waals surface area contributed by atoms with Crippen LogP contribution in [-0.2, 0) is 14.8 Å². The standard InChI is InChI=1S/C9H11NO4S2/c11-9(12)8(6-3-4-6)10-16(13,14)7-2-1-5-15-7/h1-2,5-6,8,10H,3-4H2,(H,11,12). The van der Waals surface area contributed by atoms with Crippen LogP contribution in [0.1, 0.15) is 12.8 Å². The second-order valence-corrected chi connectivity index (χ2v) is 6.60. The Kier molecular flexibility index (Phi) is 3.00. The molecular weight excluding hydrogens is 250 g/mol. The van der Waals surface area contributed by atoms with E-state index >= 15 is 0 Å². The molecule has 0 aliphatic heterocycles. The number of sulfonamides is 1. The maximum atomic E-state index is 11.8. The molecule has 1 fully saturated rings. The average molecular weight is 261 g/mol. The Bertz CT molecular complexity index is 476. The van der Waals surface area contributed by atoms with Gasteiger partial charge < -0.3 is 5.11 Å². The van der Waals surface area contributed by atoms with Gasteiger partial charge in [0.15, 0.2) is 0 Å². The lowest BCUT2D eigenvalue weighted by atomic mass is 10.2. The summed E-state index contributed by atoms with van der Waals surface area (Å²) in [7, 11) is -3.68. The molecule has 88 valence electrons. The van der Waals surface area contributed by atoms with Crippen LogP contribution in [0.5, 0.6) is 0 Å². The summed E-state index contributed by atoms with van der Waals surface area (Å²) in [6.07, 6.45) is 1.54. The van der Waals surface area contributed by atoms with Crippen molar-refractivity contribution in [2.75, 3.05) is 0 Å². The van der Waals surface area contributed by atoms with Gasteiger partial charge in [0.1, 0.15) is 10.3 Å². The molecule has 7 heteroatoms. The van der Waals surface area contributed by atoms with Crippen LogP contribution in [-0.4, -0.2) is 25.5 Å². The second-order valence-electron chi connectivity index (χ2n) is 3.71. The number of thiophene rings is 1. The van der Waals surface area contributed by atoms with Gasteiger partial charge in [-0.1, -0.05) is 6.07 Å². The smallest absolute Gasteiger partial charge is 0.322 e. The van der Waals surface area contributed by atoms with Gasteiger partial charge >= 0.3 is 5.97 Å². The Hall–Kier alpha value is -0.920. The van der Waals surface area contributed by atoms with Gasteiger partial charge in [-0.05, 0) is 30.2 Å². The van der Waals surface area contributed by atoms with Gasteiger partial charge in [0.05, 0.1) is 0 Å². The minimum Gasteiger partial charge on any atom is -0.480 e.